The number of carbonyl (C=O) groups is 3. The predicted octanol–water partition coefficient (Wildman–Crippen LogP) is 4.67. The Morgan fingerprint density at radius 3 is 2.40 bits per heavy atom. The molecule has 7 nitrogen and oxygen atoms in total. The van der Waals surface area contributed by atoms with E-state index in [9.17, 15) is 14.4 Å². The number of nitriles is 1. The van der Waals surface area contributed by atoms with Crippen LogP contribution in [0, 0.1) is 11.3 Å². The summed E-state index contributed by atoms with van der Waals surface area (Å²) < 4.78 is 5.34. The van der Waals surface area contributed by atoms with Gasteiger partial charge in [0.05, 0.1) is 23.8 Å². The maximum Gasteiger partial charge on any atom is 0.339 e. The topological polar surface area (TPSA) is 90.7 Å². The molecule has 0 saturated heterocycles. The summed E-state index contributed by atoms with van der Waals surface area (Å²) in [5.41, 5.74) is 0.960. The zero-order valence-electron chi connectivity index (χ0n) is 20.0. The van der Waals surface area contributed by atoms with Crippen LogP contribution in [-0.4, -0.2) is 54.7 Å². The molecule has 0 heterocycles. The molecule has 0 aliphatic heterocycles. The number of nitrogens with zero attached hydrogens (tertiary/aromatic N) is 3. The fourth-order valence-corrected chi connectivity index (χ4v) is 5.09. The molecule has 0 spiro atoms. The molecule has 1 saturated carbocycles. The van der Waals surface area contributed by atoms with Crippen molar-refractivity contribution in [2.24, 2.45) is 0 Å². The van der Waals surface area contributed by atoms with Gasteiger partial charge < -0.3 is 14.5 Å². The van der Waals surface area contributed by atoms with Crippen molar-refractivity contribution in [2.45, 2.75) is 49.5 Å². The Balaban J connectivity index is 1.59. The first kappa shape index (κ1) is 26.3. The van der Waals surface area contributed by atoms with Gasteiger partial charge in [-0.1, -0.05) is 49.6 Å². The van der Waals surface area contributed by atoms with Crippen LogP contribution in [0.2, 0.25) is 0 Å². The first-order valence-corrected chi connectivity index (χ1v) is 12.9. The highest BCUT2D eigenvalue weighted by Gasteiger charge is 2.23. The van der Waals surface area contributed by atoms with Crippen molar-refractivity contribution >= 4 is 35.2 Å². The van der Waals surface area contributed by atoms with Crippen molar-refractivity contribution in [2.75, 3.05) is 30.9 Å². The standard InChI is InChI=1S/C27H31N3O4S/c1-29(21-11-4-2-5-12-21)26(32)20-35-24-16-9-8-15-23(24)27(33)34-19-25(31)30(18-10-17-28)22-13-6-3-7-14-22/h3,6-9,13-16,21H,2,4-5,10-12,18-20H2,1H3. The number of carbonyl (C=O) groups excluding carboxylic acids is 3. The van der Waals surface area contributed by atoms with Crippen molar-refractivity contribution in [1.29, 1.82) is 5.26 Å². The molecule has 0 radical (unpaired) electrons. The highest BCUT2D eigenvalue weighted by atomic mass is 32.2. The second-order valence-corrected chi connectivity index (χ2v) is 9.46. The van der Waals surface area contributed by atoms with Crippen LogP contribution in [0.4, 0.5) is 5.69 Å². The first-order chi connectivity index (χ1) is 17.0. The van der Waals surface area contributed by atoms with E-state index in [-0.39, 0.29) is 30.7 Å². The Bertz CT molecular complexity index is 1050. The molecular weight excluding hydrogens is 462 g/mol. The van der Waals surface area contributed by atoms with Crippen molar-refractivity contribution < 1.29 is 19.1 Å². The SMILES string of the molecule is CN(C(=O)CSc1ccccc1C(=O)OCC(=O)N(CCC#N)c1ccccc1)C1CCCCC1. The molecule has 184 valence electrons. The average molecular weight is 494 g/mol. The number of hydrogen-bond acceptors (Lipinski definition) is 6. The molecule has 1 fully saturated rings. The molecule has 8 heteroatoms. The Morgan fingerprint density at radius 2 is 1.69 bits per heavy atom. The fraction of sp³-hybridized carbons (Fsp3) is 0.407. The molecule has 1 aliphatic rings. The lowest BCUT2D eigenvalue weighted by molar-refractivity contribution is -0.129. The lowest BCUT2D eigenvalue weighted by atomic mass is 9.94. The number of para-hydroxylation sites is 1. The van der Waals surface area contributed by atoms with Gasteiger partial charge in [0.25, 0.3) is 5.91 Å². The van der Waals surface area contributed by atoms with Crippen LogP contribution in [0.1, 0.15) is 48.9 Å². The molecule has 2 amide bonds. The van der Waals surface area contributed by atoms with Crippen LogP contribution in [0.25, 0.3) is 0 Å². The Kier molecular flexibility index (Phi) is 10.2. The summed E-state index contributed by atoms with van der Waals surface area (Å²) in [6.45, 7) is -0.235. The summed E-state index contributed by atoms with van der Waals surface area (Å²) in [5, 5.41) is 8.94. The molecule has 0 N–H and O–H groups in total. The lowest BCUT2D eigenvalue weighted by Gasteiger charge is -2.31. The Labute approximate surface area is 211 Å². The van der Waals surface area contributed by atoms with E-state index in [1.807, 2.05) is 24.1 Å². The van der Waals surface area contributed by atoms with Gasteiger partial charge in [-0.05, 0) is 37.1 Å². The lowest BCUT2D eigenvalue weighted by Crippen LogP contribution is -2.39. The quantitative estimate of drug-likeness (QED) is 0.353. The van der Waals surface area contributed by atoms with Gasteiger partial charge in [0, 0.05) is 30.2 Å². The number of ether oxygens (including phenoxy) is 1. The molecule has 0 atom stereocenters. The minimum atomic E-state index is -0.622. The molecule has 0 aromatic heterocycles. The van der Waals surface area contributed by atoms with E-state index in [0.717, 1.165) is 25.7 Å². The molecule has 2 aromatic rings. The summed E-state index contributed by atoms with van der Waals surface area (Å²) in [4.78, 5) is 42.3. The number of esters is 1. The van der Waals surface area contributed by atoms with Gasteiger partial charge in [0.15, 0.2) is 6.61 Å². The molecule has 3 rings (SSSR count). The van der Waals surface area contributed by atoms with E-state index in [0.29, 0.717) is 16.1 Å². The van der Waals surface area contributed by atoms with Crippen LogP contribution in [0.3, 0.4) is 0 Å². The highest BCUT2D eigenvalue weighted by molar-refractivity contribution is 8.00. The number of benzene rings is 2. The summed E-state index contributed by atoms with van der Waals surface area (Å²) in [5.74, 6) is -0.764. The van der Waals surface area contributed by atoms with Crippen LogP contribution < -0.4 is 4.90 Å². The summed E-state index contributed by atoms with van der Waals surface area (Å²) >= 11 is 1.30. The number of thioether (sulfide) groups is 1. The third-order valence-corrected chi connectivity index (χ3v) is 7.18. The Morgan fingerprint density at radius 1 is 1.00 bits per heavy atom. The summed E-state index contributed by atoms with van der Waals surface area (Å²) in [7, 11) is 1.86. The third kappa shape index (κ3) is 7.59. The maximum absolute atomic E-state index is 12.8. The van der Waals surface area contributed by atoms with E-state index in [4.69, 9.17) is 10.00 Å². The van der Waals surface area contributed by atoms with E-state index in [1.54, 1.807) is 48.5 Å². The van der Waals surface area contributed by atoms with Gasteiger partial charge >= 0.3 is 5.97 Å². The molecule has 2 aromatic carbocycles. The molecule has 0 bridgehead atoms. The van der Waals surface area contributed by atoms with Gasteiger partial charge in [-0.15, -0.1) is 11.8 Å². The van der Waals surface area contributed by atoms with Gasteiger partial charge in [0.2, 0.25) is 5.91 Å². The first-order valence-electron chi connectivity index (χ1n) is 11.9. The van der Waals surface area contributed by atoms with Crippen LogP contribution in [0.15, 0.2) is 59.5 Å². The second-order valence-electron chi connectivity index (χ2n) is 8.45. The number of amides is 2. The van der Waals surface area contributed by atoms with Crippen LogP contribution >= 0.6 is 11.8 Å². The Hall–Kier alpha value is -3.31. The maximum atomic E-state index is 12.8. The van der Waals surface area contributed by atoms with Crippen LogP contribution in [-0.2, 0) is 14.3 Å². The molecular formula is C27H31N3O4S. The van der Waals surface area contributed by atoms with Gasteiger partial charge in [-0.3, -0.25) is 9.59 Å². The zero-order chi connectivity index (χ0) is 25.0. The van der Waals surface area contributed by atoms with Gasteiger partial charge in [-0.25, -0.2) is 4.79 Å². The monoisotopic (exact) mass is 493 g/mol. The van der Waals surface area contributed by atoms with Crippen LogP contribution in [0.5, 0.6) is 0 Å². The fourth-order valence-electron chi connectivity index (χ4n) is 4.12. The van der Waals surface area contributed by atoms with Gasteiger partial charge in [-0.2, -0.15) is 5.26 Å². The summed E-state index contributed by atoms with van der Waals surface area (Å²) in [6.07, 6.45) is 5.78. The molecule has 0 unspecified atom stereocenters. The van der Waals surface area contributed by atoms with Crippen molar-refractivity contribution in [3.8, 4) is 6.07 Å². The zero-order valence-corrected chi connectivity index (χ0v) is 20.8. The van der Waals surface area contributed by atoms with Crippen molar-refractivity contribution in [3.05, 3.63) is 60.2 Å². The van der Waals surface area contributed by atoms with Gasteiger partial charge in [0.1, 0.15) is 0 Å². The number of anilines is 1. The second kappa shape index (κ2) is 13.5. The van der Waals surface area contributed by atoms with Crippen molar-refractivity contribution in [3.63, 3.8) is 0 Å². The minimum absolute atomic E-state index is 0.0382. The average Bonchev–Trinajstić information content (AvgIpc) is 2.91. The van der Waals surface area contributed by atoms with Crippen molar-refractivity contribution in [1.82, 2.24) is 4.90 Å². The largest absolute Gasteiger partial charge is 0.452 e. The summed E-state index contributed by atoms with van der Waals surface area (Å²) in [6, 6.07) is 18.2. The number of hydrogen-bond donors (Lipinski definition) is 0. The van der Waals surface area contributed by atoms with E-state index < -0.39 is 18.5 Å². The van der Waals surface area contributed by atoms with E-state index in [2.05, 4.69) is 0 Å². The minimum Gasteiger partial charge on any atom is -0.452 e. The van der Waals surface area contributed by atoms with E-state index in [1.165, 1.54) is 23.1 Å². The number of rotatable bonds is 10. The highest BCUT2D eigenvalue weighted by Crippen LogP contribution is 2.26. The third-order valence-electron chi connectivity index (χ3n) is 6.12. The molecule has 35 heavy (non-hydrogen) atoms. The predicted molar refractivity (Wildman–Crippen MR) is 136 cm³/mol. The molecule has 1 aliphatic carbocycles. The smallest absolute Gasteiger partial charge is 0.339 e. The normalized spacial score (nSPS) is 13.5. The van der Waals surface area contributed by atoms with E-state index >= 15 is 0 Å².